The number of rotatable bonds is 7. The number of benzene rings is 1. The quantitative estimate of drug-likeness (QED) is 0.647. The van der Waals surface area contributed by atoms with Gasteiger partial charge < -0.3 is 25.2 Å². The molecule has 0 radical (unpaired) electrons. The second kappa shape index (κ2) is 9.26. The summed E-state index contributed by atoms with van der Waals surface area (Å²) in [4.78, 5) is 4.50. The van der Waals surface area contributed by atoms with Crippen molar-refractivity contribution >= 4 is 0 Å². The van der Waals surface area contributed by atoms with E-state index in [1.165, 1.54) is 5.56 Å². The monoisotopic (exact) mass is 363 g/mol. The molecule has 0 aliphatic carbocycles. The van der Waals surface area contributed by atoms with Crippen LogP contribution < -0.4 is 5.32 Å². The number of piperidine rings is 1. The number of likely N-dealkylation sites (N-methyl/N-ethyl adjacent to an activating group) is 1. The average molecular weight is 364 g/mol. The van der Waals surface area contributed by atoms with Crippen LogP contribution in [0.5, 0.6) is 0 Å². The van der Waals surface area contributed by atoms with Crippen LogP contribution in [0.1, 0.15) is 18.4 Å². The standard InChI is InChI=1S/C20H33N3O3/c1-22-10-8-16(9-11-22)21-12-17-19(20(25)18(14-24)26-17)23(2)13-15-6-4-3-5-7-15/h3-7,16-21,24-25H,8-14H2,1-2H3. The van der Waals surface area contributed by atoms with Crippen LogP contribution in [-0.2, 0) is 11.3 Å². The van der Waals surface area contributed by atoms with E-state index in [4.69, 9.17) is 4.74 Å². The van der Waals surface area contributed by atoms with Gasteiger partial charge in [0.2, 0.25) is 0 Å². The number of nitrogens with zero attached hydrogens (tertiary/aromatic N) is 2. The molecule has 6 heteroatoms. The van der Waals surface area contributed by atoms with Crippen LogP contribution in [0.25, 0.3) is 0 Å². The summed E-state index contributed by atoms with van der Waals surface area (Å²) in [5.41, 5.74) is 1.21. The van der Waals surface area contributed by atoms with Gasteiger partial charge in [-0.2, -0.15) is 0 Å². The molecule has 2 aliphatic heterocycles. The van der Waals surface area contributed by atoms with Gasteiger partial charge in [-0.25, -0.2) is 0 Å². The summed E-state index contributed by atoms with van der Waals surface area (Å²) in [5.74, 6) is 0. The van der Waals surface area contributed by atoms with E-state index in [9.17, 15) is 10.2 Å². The van der Waals surface area contributed by atoms with E-state index in [1.807, 2.05) is 25.2 Å². The molecule has 0 bridgehead atoms. The maximum absolute atomic E-state index is 10.7. The zero-order valence-corrected chi connectivity index (χ0v) is 15.9. The highest BCUT2D eigenvalue weighted by molar-refractivity contribution is 5.15. The van der Waals surface area contributed by atoms with Crippen molar-refractivity contribution in [1.29, 1.82) is 0 Å². The largest absolute Gasteiger partial charge is 0.394 e. The number of aliphatic hydroxyl groups excluding tert-OH is 2. The Bertz CT molecular complexity index is 536. The summed E-state index contributed by atoms with van der Waals surface area (Å²) < 4.78 is 5.99. The molecular weight excluding hydrogens is 330 g/mol. The van der Waals surface area contributed by atoms with Crippen LogP contribution in [0.15, 0.2) is 30.3 Å². The third kappa shape index (κ3) is 4.82. The van der Waals surface area contributed by atoms with Crippen molar-refractivity contribution in [3.05, 3.63) is 35.9 Å². The number of nitrogens with one attached hydrogen (secondary N) is 1. The van der Waals surface area contributed by atoms with Crippen LogP contribution in [0.3, 0.4) is 0 Å². The number of likely N-dealkylation sites (tertiary alicyclic amines) is 1. The highest BCUT2D eigenvalue weighted by Gasteiger charge is 2.45. The molecule has 146 valence electrons. The molecule has 0 amide bonds. The van der Waals surface area contributed by atoms with Gasteiger partial charge in [0.25, 0.3) is 0 Å². The number of hydrogen-bond donors (Lipinski definition) is 3. The topological polar surface area (TPSA) is 68.2 Å². The maximum Gasteiger partial charge on any atom is 0.109 e. The van der Waals surface area contributed by atoms with Crippen molar-refractivity contribution in [2.75, 3.05) is 40.3 Å². The van der Waals surface area contributed by atoms with Crippen LogP contribution in [-0.4, -0.2) is 90.7 Å². The lowest BCUT2D eigenvalue weighted by atomic mass is 10.0. The van der Waals surface area contributed by atoms with Crippen LogP contribution in [0.2, 0.25) is 0 Å². The fourth-order valence-corrected chi connectivity index (χ4v) is 4.16. The Morgan fingerprint density at radius 1 is 1.19 bits per heavy atom. The van der Waals surface area contributed by atoms with E-state index < -0.39 is 12.2 Å². The average Bonchev–Trinajstić information content (AvgIpc) is 2.97. The van der Waals surface area contributed by atoms with Gasteiger partial charge in [-0.1, -0.05) is 30.3 Å². The smallest absolute Gasteiger partial charge is 0.109 e. The highest BCUT2D eigenvalue weighted by Crippen LogP contribution is 2.26. The summed E-state index contributed by atoms with van der Waals surface area (Å²) >= 11 is 0. The summed E-state index contributed by atoms with van der Waals surface area (Å²) in [5, 5.41) is 23.9. The molecule has 4 atom stereocenters. The normalized spacial score (nSPS) is 31.0. The van der Waals surface area contributed by atoms with E-state index >= 15 is 0 Å². The minimum absolute atomic E-state index is 0.129. The first kappa shape index (κ1) is 19.7. The molecule has 2 saturated heterocycles. The van der Waals surface area contributed by atoms with Crippen molar-refractivity contribution in [3.8, 4) is 0 Å². The van der Waals surface area contributed by atoms with Gasteiger partial charge in [-0.15, -0.1) is 0 Å². The zero-order valence-electron chi connectivity index (χ0n) is 15.9. The number of ether oxygens (including phenoxy) is 1. The minimum atomic E-state index is -0.682. The lowest BCUT2D eigenvalue weighted by molar-refractivity contribution is -0.0221. The molecule has 0 saturated carbocycles. The SMILES string of the molecule is CN1CCC(NCC2OC(CO)C(O)C2N(C)Cc2ccccc2)CC1. The van der Waals surface area contributed by atoms with Crippen LogP contribution in [0.4, 0.5) is 0 Å². The van der Waals surface area contributed by atoms with Crippen molar-refractivity contribution < 1.29 is 14.9 Å². The lowest BCUT2D eigenvalue weighted by Crippen LogP contribution is -2.50. The first-order chi connectivity index (χ1) is 12.6. The number of hydrogen-bond acceptors (Lipinski definition) is 6. The van der Waals surface area contributed by atoms with Crippen molar-refractivity contribution in [3.63, 3.8) is 0 Å². The summed E-state index contributed by atoms with van der Waals surface area (Å²) in [6.45, 7) is 3.52. The summed E-state index contributed by atoms with van der Waals surface area (Å²) in [7, 11) is 4.18. The van der Waals surface area contributed by atoms with E-state index in [1.54, 1.807) is 0 Å². The molecule has 0 aromatic heterocycles. The third-order valence-electron chi connectivity index (χ3n) is 5.75. The minimum Gasteiger partial charge on any atom is -0.394 e. The lowest BCUT2D eigenvalue weighted by Gasteiger charge is -2.33. The predicted molar refractivity (Wildman–Crippen MR) is 102 cm³/mol. The van der Waals surface area contributed by atoms with Crippen molar-refractivity contribution in [2.45, 2.75) is 49.8 Å². The fourth-order valence-electron chi connectivity index (χ4n) is 4.16. The van der Waals surface area contributed by atoms with E-state index in [-0.39, 0.29) is 18.8 Å². The Kier molecular flexibility index (Phi) is 7.03. The Hall–Kier alpha value is -1.02. The molecule has 4 unspecified atom stereocenters. The first-order valence-corrected chi connectivity index (χ1v) is 9.69. The predicted octanol–water partition coefficient (Wildman–Crippen LogP) is 0.291. The molecule has 1 aromatic carbocycles. The molecule has 2 aliphatic rings. The second-order valence-electron chi connectivity index (χ2n) is 7.76. The molecule has 6 nitrogen and oxygen atoms in total. The van der Waals surface area contributed by atoms with Crippen molar-refractivity contribution in [1.82, 2.24) is 15.1 Å². The second-order valence-corrected chi connectivity index (χ2v) is 7.76. The van der Waals surface area contributed by atoms with Gasteiger partial charge in [-0.3, -0.25) is 4.90 Å². The molecule has 1 aromatic rings. The maximum atomic E-state index is 10.7. The zero-order chi connectivity index (χ0) is 18.5. The molecule has 26 heavy (non-hydrogen) atoms. The molecule has 3 rings (SSSR count). The van der Waals surface area contributed by atoms with E-state index in [2.05, 4.69) is 34.3 Å². The Labute approximate surface area is 156 Å². The van der Waals surface area contributed by atoms with E-state index in [0.717, 1.165) is 32.5 Å². The van der Waals surface area contributed by atoms with Crippen LogP contribution in [0, 0.1) is 0 Å². The highest BCUT2D eigenvalue weighted by atomic mass is 16.5. The molecule has 3 N–H and O–H groups in total. The Morgan fingerprint density at radius 2 is 1.88 bits per heavy atom. The molecule has 0 spiro atoms. The molecular formula is C20H33N3O3. The third-order valence-corrected chi connectivity index (χ3v) is 5.75. The van der Waals surface area contributed by atoms with Crippen LogP contribution >= 0.6 is 0 Å². The van der Waals surface area contributed by atoms with Gasteiger partial charge in [0, 0.05) is 19.1 Å². The molecule has 2 heterocycles. The first-order valence-electron chi connectivity index (χ1n) is 9.69. The number of aliphatic hydroxyl groups is 2. The fraction of sp³-hybridized carbons (Fsp3) is 0.700. The van der Waals surface area contributed by atoms with Crippen molar-refractivity contribution in [2.24, 2.45) is 0 Å². The Morgan fingerprint density at radius 3 is 2.54 bits per heavy atom. The van der Waals surface area contributed by atoms with Gasteiger partial charge in [0.05, 0.1) is 18.8 Å². The summed E-state index contributed by atoms with van der Waals surface area (Å²) in [6.07, 6.45) is 0.954. The van der Waals surface area contributed by atoms with Gasteiger partial charge in [-0.05, 0) is 45.6 Å². The molecule has 2 fully saturated rings. The van der Waals surface area contributed by atoms with E-state index in [0.29, 0.717) is 12.6 Å². The van der Waals surface area contributed by atoms with Gasteiger partial charge in [0.15, 0.2) is 0 Å². The van der Waals surface area contributed by atoms with Gasteiger partial charge in [0.1, 0.15) is 12.2 Å². The van der Waals surface area contributed by atoms with Gasteiger partial charge >= 0.3 is 0 Å². The Balaban J connectivity index is 1.60. The summed E-state index contributed by atoms with van der Waals surface area (Å²) in [6, 6.07) is 10.6.